The van der Waals surface area contributed by atoms with E-state index in [2.05, 4.69) is 60.8 Å². The first-order valence-electron chi connectivity index (χ1n) is 8.05. The third kappa shape index (κ3) is 5.28. The largest absolute Gasteiger partial charge is 0.361 e. The van der Waals surface area contributed by atoms with Crippen LogP contribution in [0.4, 0.5) is 10.1 Å². The minimum Gasteiger partial charge on any atom is -0.361 e. The van der Waals surface area contributed by atoms with Gasteiger partial charge in [0.2, 0.25) is 0 Å². The summed E-state index contributed by atoms with van der Waals surface area (Å²) in [6.07, 6.45) is 1.04. The molecule has 0 aliphatic rings. The van der Waals surface area contributed by atoms with Crippen LogP contribution in [0, 0.1) is 5.82 Å². The fourth-order valence-corrected chi connectivity index (χ4v) is 2.67. The zero-order chi connectivity index (χ0) is 17.5. The van der Waals surface area contributed by atoms with E-state index < -0.39 is 0 Å². The van der Waals surface area contributed by atoms with Gasteiger partial charge in [-0.2, -0.15) is 0 Å². The van der Waals surface area contributed by atoms with Crippen LogP contribution in [0.1, 0.15) is 24.1 Å². The molecule has 0 aliphatic carbocycles. The molecule has 0 fully saturated rings. The van der Waals surface area contributed by atoms with Crippen LogP contribution < -0.4 is 10.6 Å². The monoisotopic (exact) mass is 345 g/mol. The minimum atomic E-state index is -0.261. The molecule has 0 radical (unpaired) electrons. The van der Waals surface area contributed by atoms with Gasteiger partial charge in [0.25, 0.3) is 0 Å². The standard InChI is InChI=1S/C19H24FN3S/c1-4-14-5-7-15(8-6-14)18(23(2)3)13-21-19(24)22-17-11-9-16(20)10-12-17/h5-12,18H,4,13H2,1-3H3,(H2,21,22,24)/t18-/m1/s1. The van der Waals surface area contributed by atoms with Crippen LogP contribution in [-0.2, 0) is 6.42 Å². The van der Waals surface area contributed by atoms with Crippen LogP contribution >= 0.6 is 12.2 Å². The van der Waals surface area contributed by atoms with Gasteiger partial charge in [-0.15, -0.1) is 0 Å². The van der Waals surface area contributed by atoms with Crippen LogP contribution in [-0.4, -0.2) is 30.7 Å². The fourth-order valence-electron chi connectivity index (χ4n) is 2.47. The van der Waals surface area contributed by atoms with Crippen molar-refractivity contribution in [2.75, 3.05) is 26.0 Å². The van der Waals surface area contributed by atoms with Crippen LogP contribution in [0.5, 0.6) is 0 Å². The van der Waals surface area contributed by atoms with Gasteiger partial charge in [0.1, 0.15) is 5.82 Å². The van der Waals surface area contributed by atoms with E-state index >= 15 is 0 Å². The Morgan fingerprint density at radius 1 is 1.08 bits per heavy atom. The summed E-state index contributed by atoms with van der Waals surface area (Å²) >= 11 is 5.33. The second-order valence-corrected chi connectivity index (χ2v) is 6.32. The number of halogens is 1. The van der Waals surface area contributed by atoms with Crippen LogP contribution in [0.3, 0.4) is 0 Å². The quantitative estimate of drug-likeness (QED) is 0.775. The van der Waals surface area contributed by atoms with Gasteiger partial charge in [-0.3, -0.25) is 0 Å². The Morgan fingerprint density at radius 2 is 1.71 bits per heavy atom. The topological polar surface area (TPSA) is 27.3 Å². The van der Waals surface area contributed by atoms with Gasteiger partial charge >= 0.3 is 0 Å². The predicted octanol–water partition coefficient (Wildman–Crippen LogP) is 3.98. The van der Waals surface area contributed by atoms with Crippen molar-refractivity contribution in [3.05, 3.63) is 65.5 Å². The number of benzene rings is 2. The van der Waals surface area contributed by atoms with E-state index in [0.717, 1.165) is 12.1 Å². The molecule has 24 heavy (non-hydrogen) atoms. The van der Waals surface area contributed by atoms with Crippen molar-refractivity contribution < 1.29 is 4.39 Å². The third-order valence-electron chi connectivity index (χ3n) is 3.95. The number of hydrogen-bond acceptors (Lipinski definition) is 2. The van der Waals surface area contributed by atoms with E-state index in [0.29, 0.717) is 11.7 Å². The highest BCUT2D eigenvalue weighted by Gasteiger charge is 2.14. The smallest absolute Gasteiger partial charge is 0.170 e. The normalized spacial score (nSPS) is 12.0. The molecule has 0 aromatic heterocycles. The molecular formula is C19H24FN3S. The third-order valence-corrected chi connectivity index (χ3v) is 4.20. The van der Waals surface area contributed by atoms with E-state index in [1.807, 2.05) is 0 Å². The van der Waals surface area contributed by atoms with Crippen molar-refractivity contribution in [2.45, 2.75) is 19.4 Å². The summed E-state index contributed by atoms with van der Waals surface area (Å²) < 4.78 is 12.9. The number of likely N-dealkylation sites (N-methyl/N-ethyl adjacent to an activating group) is 1. The van der Waals surface area contributed by atoms with Crippen LogP contribution in [0.25, 0.3) is 0 Å². The lowest BCUT2D eigenvalue weighted by Crippen LogP contribution is -2.36. The highest BCUT2D eigenvalue weighted by Crippen LogP contribution is 2.18. The number of nitrogens with one attached hydrogen (secondary N) is 2. The Labute approximate surface area is 148 Å². The highest BCUT2D eigenvalue weighted by molar-refractivity contribution is 7.80. The zero-order valence-corrected chi connectivity index (χ0v) is 15.2. The molecule has 3 nitrogen and oxygen atoms in total. The number of nitrogens with zero attached hydrogens (tertiary/aromatic N) is 1. The van der Waals surface area contributed by atoms with Crippen molar-refractivity contribution in [3.63, 3.8) is 0 Å². The summed E-state index contributed by atoms with van der Waals surface area (Å²) in [5, 5.41) is 6.83. The number of anilines is 1. The maximum Gasteiger partial charge on any atom is 0.170 e. The molecule has 0 saturated heterocycles. The Morgan fingerprint density at radius 3 is 2.25 bits per heavy atom. The molecule has 0 heterocycles. The maximum atomic E-state index is 12.9. The van der Waals surface area contributed by atoms with Crippen LogP contribution in [0.2, 0.25) is 0 Å². The average molecular weight is 345 g/mol. The zero-order valence-electron chi connectivity index (χ0n) is 14.3. The molecular weight excluding hydrogens is 321 g/mol. The van der Waals surface area contributed by atoms with E-state index in [9.17, 15) is 4.39 Å². The van der Waals surface area contributed by atoms with Crippen molar-refractivity contribution in [1.29, 1.82) is 0 Å². The molecule has 2 N–H and O–H groups in total. The molecule has 2 aromatic carbocycles. The van der Waals surface area contributed by atoms with E-state index in [1.54, 1.807) is 12.1 Å². The first kappa shape index (κ1) is 18.4. The van der Waals surface area contributed by atoms with Gasteiger partial charge in [-0.05, 0) is 68.1 Å². The Kier molecular flexibility index (Phi) is 6.70. The van der Waals surface area contributed by atoms with Crippen molar-refractivity contribution >= 4 is 23.0 Å². The lowest BCUT2D eigenvalue weighted by Gasteiger charge is -2.26. The molecule has 128 valence electrons. The minimum absolute atomic E-state index is 0.212. The van der Waals surface area contributed by atoms with Gasteiger partial charge in [0.05, 0.1) is 6.04 Å². The first-order chi connectivity index (χ1) is 11.5. The van der Waals surface area contributed by atoms with Gasteiger partial charge in [-0.25, -0.2) is 4.39 Å². The highest BCUT2D eigenvalue weighted by atomic mass is 32.1. The number of rotatable bonds is 6. The van der Waals surface area contributed by atoms with E-state index in [-0.39, 0.29) is 11.9 Å². The first-order valence-corrected chi connectivity index (χ1v) is 8.46. The van der Waals surface area contributed by atoms with E-state index in [4.69, 9.17) is 12.2 Å². The second-order valence-electron chi connectivity index (χ2n) is 5.92. The lowest BCUT2D eigenvalue weighted by atomic mass is 10.0. The molecule has 1 atom stereocenters. The Balaban J connectivity index is 1.95. The van der Waals surface area contributed by atoms with Crippen LogP contribution in [0.15, 0.2) is 48.5 Å². The fraction of sp³-hybridized carbons (Fsp3) is 0.316. The number of aryl methyl sites for hydroxylation is 1. The Hall–Kier alpha value is -1.98. The van der Waals surface area contributed by atoms with Crippen molar-refractivity contribution in [3.8, 4) is 0 Å². The molecule has 0 saturated carbocycles. The van der Waals surface area contributed by atoms with Gasteiger partial charge < -0.3 is 15.5 Å². The van der Waals surface area contributed by atoms with Gasteiger partial charge in [0, 0.05) is 12.2 Å². The summed E-state index contributed by atoms with van der Waals surface area (Å²) in [4.78, 5) is 2.16. The summed E-state index contributed by atoms with van der Waals surface area (Å²) in [6.45, 7) is 2.84. The molecule has 5 heteroatoms. The summed E-state index contributed by atoms with van der Waals surface area (Å²) in [7, 11) is 4.10. The lowest BCUT2D eigenvalue weighted by molar-refractivity contribution is 0.299. The van der Waals surface area contributed by atoms with Gasteiger partial charge in [0.15, 0.2) is 5.11 Å². The summed E-state index contributed by atoms with van der Waals surface area (Å²) in [5.41, 5.74) is 3.34. The molecule has 0 unspecified atom stereocenters. The van der Waals surface area contributed by atoms with E-state index in [1.165, 1.54) is 23.3 Å². The molecule has 0 aliphatic heterocycles. The SMILES string of the molecule is CCc1ccc([C@@H](CNC(=S)Nc2ccc(F)cc2)N(C)C)cc1. The number of thiocarbonyl (C=S) groups is 1. The average Bonchev–Trinajstić information content (AvgIpc) is 2.57. The molecule has 2 aromatic rings. The summed E-state index contributed by atoms with van der Waals surface area (Å²) in [6, 6.07) is 15.0. The Bertz CT molecular complexity index is 653. The number of hydrogen-bond donors (Lipinski definition) is 2. The molecule has 0 amide bonds. The van der Waals surface area contributed by atoms with Crippen molar-refractivity contribution in [1.82, 2.24) is 10.2 Å². The molecule has 0 bridgehead atoms. The summed E-state index contributed by atoms with van der Waals surface area (Å²) in [5.74, 6) is -0.261. The van der Waals surface area contributed by atoms with Gasteiger partial charge in [-0.1, -0.05) is 31.2 Å². The predicted molar refractivity (Wildman–Crippen MR) is 103 cm³/mol. The molecule has 2 rings (SSSR count). The maximum absolute atomic E-state index is 12.9. The second kappa shape index (κ2) is 8.76. The molecule has 0 spiro atoms. The van der Waals surface area contributed by atoms with Crippen molar-refractivity contribution in [2.24, 2.45) is 0 Å².